The molecule has 0 saturated carbocycles. The van der Waals surface area contributed by atoms with Crippen LogP contribution in [0.3, 0.4) is 0 Å². The number of thiophene rings is 1. The molecule has 0 aliphatic carbocycles. The van der Waals surface area contributed by atoms with Crippen molar-refractivity contribution in [3.63, 3.8) is 0 Å². The molecule has 4 aromatic heterocycles. The summed E-state index contributed by atoms with van der Waals surface area (Å²) in [5.41, 5.74) is 9.32. The topological polar surface area (TPSA) is 51.8 Å². The van der Waals surface area contributed by atoms with E-state index in [4.69, 9.17) is 19.4 Å². The molecule has 0 aliphatic rings. The first-order valence-electron chi connectivity index (χ1n) is 15.9. The largest absolute Gasteiger partial charge is 0.455 e. The molecule has 4 nitrogen and oxygen atoms in total. The van der Waals surface area contributed by atoms with Crippen molar-refractivity contribution in [1.82, 2.24) is 15.0 Å². The maximum absolute atomic E-state index is 6.40. The van der Waals surface area contributed by atoms with E-state index in [9.17, 15) is 0 Å². The fraction of sp³-hybridized carbons (Fsp3) is 0. The number of fused-ring (bicyclic) bond motifs is 8. The zero-order valence-corrected chi connectivity index (χ0v) is 26.4. The Labute approximate surface area is 279 Å². The molecule has 0 bridgehead atoms. The maximum atomic E-state index is 6.40. The van der Waals surface area contributed by atoms with Gasteiger partial charge in [-0.3, -0.25) is 0 Å². The molecule has 5 heteroatoms. The Morgan fingerprint density at radius 2 is 1.12 bits per heavy atom. The van der Waals surface area contributed by atoms with Crippen LogP contribution in [0.5, 0.6) is 0 Å². The van der Waals surface area contributed by atoms with Gasteiger partial charge in [-0.15, -0.1) is 11.3 Å². The standard InChI is InChI=1S/C43H25N3OS/c1-2-11-26(12-3-1)35-25-36(46-43(45-35)33-17-10-16-30-29-13-5-8-19-37(29)47-41(30)33)27-21-23-28(24-22-27)40-42-39(31-14-4-7-18-34(31)44-40)32-15-6-9-20-38(32)48-42/h1-25H. The van der Waals surface area contributed by atoms with Crippen LogP contribution in [-0.4, -0.2) is 15.0 Å². The van der Waals surface area contributed by atoms with Crippen molar-refractivity contribution >= 4 is 64.4 Å². The molecular weight excluding hydrogens is 607 g/mol. The molecule has 0 amide bonds. The summed E-state index contributed by atoms with van der Waals surface area (Å²) in [6.45, 7) is 0. The summed E-state index contributed by atoms with van der Waals surface area (Å²) in [7, 11) is 0. The van der Waals surface area contributed by atoms with Crippen molar-refractivity contribution in [2.24, 2.45) is 0 Å². The molecule has 0 atom stereocenters. The first-order chi connectivity index (χ1) is 23.8. The van der Waals surface area contributed by atoms with Gasteiger partial charge in [0.25, 0.3) is 0 Å². The highest BCUT2D eigenvalue weighted by atomic mass is 32.1. The maximum Gasteiger partial charge on any atom is 0.164 e. The van der Waals surface area contributed by atoms with E-state index in [1.165, 1.54) is 25.6 Å². The molecule has 0 fully saturated rings. The second-order valence-corrected chi connectivity index (χ2v) is 13.0. The van der Waals surface area contributed by atoms with Crippen molar-refractivity contribution in [2.45, 2.75) is 0 Å². The molecule has 0 spiro atoms. The number of pyridine rings is 1. The van der Waals surface area contributed by atoms with Crippen LogP contribution in [0.25, 0.3) is 98.2 Å². The molecule has 0 saturated heterocycles. The summed E-state index contributed by atoms with van der Waals surface area (Å²) in [5.74, 6) is 0.628. The lowest BCUT2D eigenvalue weighted by molar-refractivity contribution is 0.669. The Hall–Kier alpha value is -6.17. The molecule has 0 radical (unpaired) electrons. The van der Waals surface area contributed by atoms with Crippen LogP contribution in [0.2, 0.25) is 0 Å². The molecule has 0 unspecified atom stereocenters. The van der Waals surface area contributed by atoms with Gasteiger partial charge in [0.05, 0.1) is 32.9 Å². The van der Waals surface area contributed by atoms with Gasteiger partial charge < -0.3 is 4.42 Å². The molecule has 224 valence electrons. The first-order valence-corrected chi connectivity index (χ1v) is 16.8. The van der Waals surface area contributed by atoms with Crippen molar-refractivity contribution in [3.05, 3.63) is 152 Å². The summed E-state index contributed by atoms with van der Waals surface area (Å²) in [6, 6.07) is 52.4. The van der Waals surface area contributed by atoms with E-state index in [2.05, 4.69) is 109 Å². The molecule has 10 aromatic rings. The Morgan fingerprint density at radius 1 is 0.479 bits per heavy atom. The summed E-state index contributed by atoms with van der Waals surface area (Å²) >= 11 is 1.81. The number of aromatic nitrogens is 3. The van der Waals surface area contributed by atoms with E-state index in [1.54, 1.807) is 0 Å². The molecule has 0 N–H and O–H groups in total. The van der Waals surface area contributed by atoms with Crippen LogP contribution in [0.15, 0.2) is 156 Å². The van der Waals surface area contributed by atoms with Gasteiger partial charge in [0.15, 0.2) is 5.82 Å². The molecule has 0 aliphatic heterocycles. The Morgan fingerprint density at radius 3 is 1.96 bits per heavy atom. The minimum Gasteiger partial charge on any atom is -0.455 e. The number of hydrogen-bond donors (Lipinski definition) is 0. The average molecular weight is 632 g/mol. The van der Waals surface area contributed by atoms with Gasteiger partial charge in [-0.2, -0.15) is 0 Å². The van der Waals surface area contributed by atoms with Crippen LogP contribution >= 0.6 is 11.3 Å². The third kappa shape index (κ3) is 4.25. The summed E-state index contributed by atoms with van der Waals surface area (Å²) in [5, 5.41) is 5.87. The third-order valence-corrected chi connectivity index (χ3v) is 10.3. The summed E-state index contributed by atoms with van der Waals surface area (Å²) in [6.07, 6.45) is 0. The van der Waals surface area contributed by atoms with Crippen LogP contribution in [0.4, 0.5) is 0 Å². The molecule has 6 aromatic carbocycles. The zero-order chi connectivity index (χ0) is 31.6. The number of benzene rings is 6. The smallest absolute Gasteiger partial charge is 0.164 e. The molecule has 48 heavy (non-hydrogen) atoms. The van der Waals surface area contributed by atoms with Crippen LogP contribution < -0.4 is 0 Å². The molecule has 10 rings (SSSR count). The predicted octanol–water partition coefficient (Wildman–Crippen LogP) is 12.0. The normalized spacial score (nSPS) is 11.8. The number of hydrogen-bond acceptors (Lipinski definition) is 5. The minimum atomic E-state index is 0.628. The second-order valence-electron chi connectivity index (χ2n) is 12.0. The van der Waals surface area contributed by atoms with E-state index >= 15 is 0 Å². The van der Waals surface area contributed by atoms with Gasteiger partial charge in [0.1, 0.15) is 11.2 Å². The second kappa shape index (κ2) is 10.7. The van der Waals surface area contributed by atoms with Crippen LogP contribution in [-0.2, 0) is 0 Å². The fourth-order valence-electron chi connectivity index (χ4n) is 6.82. The summed E-state index contributed by atoms with van der Waals surface area (Å²) in [4.78, 5) is 15.4. The lowest BCUT2D eigenvalue weighted by atomic mass is 10.0. The number of para-hydroxylation sites is 3. The van der Waals surface area contributed by atoms with Gasteiger partial charge in [0.2, 0.25) is 0 Å². The van der Waals surface area contributed by atoms with E-state index in [1.807, 2.05) is 53.8 Å². The number of rotatable bonds is 4. The van der Waals surface area contributed by atoms with Gasteiger partial charge in [-0.05, 0) is 30.3 Å². The number of nitrogens with zero attached hydrogens (tertiary/aromatic N) is 3. The Bertz CT molecular complexity index is 2830. The highest BCUT2D eigenvalue weighted by Crippen LogP contribution is 2.43. The lowest BCUT2D eigenvalue weighted by Crippen LogP contribution is -1.96. The van der Waals surface area contributed by atoms with Gasteiger partial charge in [-0.25, -0.2) is 15.0 Å². The summed E-state index contributed by atoms with van der Waals surface area (Å²) < 4.78 is 8.87. The van der Waals surface area contributed by atoms with E-state index in [0.29, 0.717) is 5.82 Å². The Balaban J connectivity index is 1.14. The van der Waals surface area contributed by atoms with Crippen molar-refractivity contribution in [1.29, 1.82) is 0 Å². The SMILES string of the molecule is c1ccc(-c2cc(-c3ccc(-c4nc5ccccc5c5c4sc4ccccc45)cc3)nc(-c3cccc4c3oc3ccccc34)n2)cc1. The monoisotopic (exact) mass is 631 g/mol. The zero-order valence-electron chi connectivity index (χ0n) is 25.6. The predicted molar refractivity (Wildman–Crippen MR) is 199 cm³/mol. The quantitative estimate of drug-likeness (QED) is 0.194. The van der Waals surface area contributed by atoms with Gasteiger partial charge >= 0.3 is 0 Å². The van der Waals surface area contributed by atoms with Gasteiger partial charge in [0, 0.05) is 48.3 Å². The van der Waals surface area contributed by atoms with Crippen molar-refractivity contribution in [3.8, 4) is 45.2 Å². The van der Waals surface area contributed by atoms with E-state index in [0.717, 1.165) is 66.8 Å². The van der Waals surface area contributed by atoms with Crippen molar-refractivity contribution < 1.29 is 4.42 Å². The highest BCUT2D eigenvalue weighted by Gasteiger charge is 2.18. The number of furan rings is 1. The molecule has 4 heterocycles. The third-order valence-electron chi connectivity index (χ3n) is 9.11. The average Bonchev–Trinajstić information content (AvgIpc) is 3.74. The Kier molecular flexibility index (Phi) is 6.01. The highest BCUT2D eigenvalue weighted by molar-refractivity contribution is 7.26. The fourth-order valence-corrected chi connectivity index (χ4v) is 8.05. The van der Waals surface area contributed by atoms with Gasteiger partial charge in [-0.1, -0.05) is 121 Å². The van der Waals surface area contributed by atoms with Crippen molar-refractivity contribution in [2.75, 3.05) is 0 Å². The lowest BCUT2D eigenvalue weighted by Gasteiger charge is -2.11. The van der Waals surface area contributed by atoms with Crippen LogP contribution in [0.1, 0.15) is 0 Å². The van der Waals surface area contributed by atoms with E-state index < -0.39 is 0 Å². The first kappa shape index (κ1) is 27.0. The van der Waals surface area contributed by atoms with Crippen LogP contribution in [0, 0.1) is 0 Å². The van der Waals surface area contributed by atoms with E-state index in [-0.39, 0.29) is 0 Å². The minimum absolute atomic E-state index is 0.628. The molecular formula is C43H25N3OS.